The summed E-state index contributed by atoms with van der Waals surface area (Å²) < 4.78 is 6.79. The van der Waals surface area contributed by atoms with Gasteiger partial charge in [-0.05, 0) is 44.2 Å². The van der Waals surface area contributed by atoms with Crippen molar-refractivity contribution in [1.29, 1.82) is 0 Å². The van der Waals surface area contributed by atoms with Crippen LogP contribution in [0.4, 0.5) is 4.79 Å². The molecule has 198 valence electrons. The zero-order chi connectivity index (χ0) is 27.5. The van der Waals surface area contributed by atoms with Crippen molar-refractivity contribution in [3.8, 4) is 0 Å². The first-order valence-electron chi connectivity index (χ1n) is 12.0. The summed E-state index contributed by atoms with van der Waals surface area (Å²) in [5.41, 5.74) is 12.3. The number of ether oxygens (including phenoxy) is 1. The first-order valence-corrected chi connectivity index (χ1v) is 12.0. The number of amides is 2. The van der Waals surface area contributed by atoms with Crippen LogP contribution in [0, 0.1) is 11.8 Å². The number of imide groups is 1. The number of nitrogens with zero attached hydrogens (tertiary/aromatic N) is 2. The van der Waals surface area contributed by atoms with Crippen molar-refractivity contribution < 1.29 is 29.0 Å². The molecule has 5 N–H and O–H groups in total. The number of aromatic nitrogens is 1. The van der Waals surface area contributed by atoms with Crippen molar-refractivity contribution in [2.75, 3.05) is 0 Å². The Morgan fingerprint density at radius 2 is 1.47 bits per heavy atom. The molecule has 2 amide bonds. The number of nitrogens with two attached hydrogens (primary N) is 2. The van der Waals surface area contributed by atoms with Crippen LogP contribution in [0.15, 0.2) is 30.5 Å². The molecule has 1 aromatic heterocycles. The number of hydrogen-bond donors (Lipinski definition) is 3. The normalized spacial score (nSPS) is 14.5. The van der Waals surface area contributed by atoms with Gasteiger partial charge in [0.1, 0.15) is 11.6 Å². The summed E-state index contributed by atoms with van der Waals surface area (Å²) >= 11 is 0. The number of carboxylic acids is 1. The fourth-order valence-electron chi connectivity index (χ4n) is 3.68. The Balaban J connectivity index is 2.62. The van der Waals surface area contributed by atoms with E-state index in [0.717, 1.165) is 0 Å². The molecule has 3 atom stereocenters. The number of benzene rings is 1. The average molecular weight is 503 g/mol. The smallest absolute Gasteiger partial charge is 0.419 e. The van der Waals surface area contributed by atoms with Crippen LogP contribution in [-0.4, -0.2) is 62.2 Å². The molecule has 10 heteroatoms. The number of aliphatic carboxylic acids is 1. The van der Waals surface area contributed by atoms with Gasteiger partial charge in [-0.3, -0.25) is 19.1 Å². The Morgan fingerprint density at radius 3 is 1.92 bits per heavy atom. The maximum Gasteiger partial charge on any atom is 0.419 e. The van der Waals surface area contributed by atoms with E-state index in [2.05, 4.69) is 0 Å². The molecule has 0 radical (unpaired) electrons. The Morgan fingerprint density at radius 1 is 0.972 bits per heavy atom. The van der Waals surface area contributed by atoms with Gasteiger partial charge < -0.3 is 21.3 Å². The molecule has 0 fully saturated rings. The molecular formula is C26H38N4O6. The number of fused-ring (bicyclic) bond motifs is 1. The van der Waals surface area contributed by atoms with Crippen molar-refractivity contribution in [2.45, 2.75) is 78.6 Å². The summed E-state index contributed by atoms with van der Waals surface area (Å²) in [6, 6.07) is 3.14. The summed E-state index contributed by atoms with van der Waals surface area (Å²) in [6.07, 6.45) is 0.593. The van der Waals surface area contributed by atoms with Gasteiger partial charge in [0.05, 0.1) is 17.6 Å². The SMILES string of the molecule is CC(C)C(N)C(=O)N(C(=O)C(N)C(C)C)C(Cc1cn(C(=O)OC(C)(C)C)c2ccccc12)C(=O)O. The van der Waals surface area contributed by atoms with Crippen LogP contribution in [0.25, 0.3) is 10.9 Å². The maximum absolute atomic E-state index is 13.3. The van der Waals surface area contributed by atoms with E-state index in [9.17, 15) is 24.3 Å². The van der Waals surface area contributed by atoms with Gasteiger partial charge in [0.25, 0.3) is 0 Å². The van der Waals surface area contributed by atoms with Gasteiger partial charge in [-0.2, -0.15) is 0 Å². The Kier molecular flexibility index (Phi) is 9.03. The Hall–Kier alpha value is -3.24. The third kappa shape index (κ3) is 6.50. The van der Waals surface area contributed by atoms with Gasteiger partial charge in [-0.25, -0.2) is 9.59 Å². The van der Waals surface area contributed by atoms with Gasteiger partial charge in [-0.15, -0.1) is 0 Å². The summed E-state index contributed by atoms with van der Waals surface area (Å²) in [5, 5.41) is 10.8. The van der Waals surface area contributed by atoms with Crippen molar-refractivity contribution in [3.63, 3.8) is 0 Å². The minimum atomic E-state index is -1.59. The lowest BCUT2D eigenvalue weighted by molar-refractivity contribution is -0.160. The molecule has 0 bridgehead atoms. The topological polar surface area (TPSA) is 158 Å². The minimum absolute atomic E-state index is 0.251. The summed E-state index contributed by atoms with van der Waals surface area (Å²) in [5.74, 6) is -3.69. The fraction of sp³-hybridized carbons (Fsp3) is 0.538. The average Bonchev–Trinajstić information content (AvgIpc) is 3.14. The molecular weight excluding hydrogens is 464 g/mol. The van der Waals surface area contributed by atoms with E-state index < -0.39 is 47.6 Å². The molecule has 0 aliphatic carbocycles. The zero-order valence-electron chi connectivity index (χ0n) is 22.0. The number of carboxylic acid groups (broad SMARTS) is 1. The molecule has 2 rings (SSSR count). The molecule has 1 aromatic carbocycles. The molecule has 0 saturated carbocycles. The first kappa shape index (κ1) is 29.0. The van der Waals surface area contributed by atoms with Gasteiger partial charge in [0.2, 0.25) is 11.8 Å². The van der Waals surface area contributed by atoms with Crippen molar-refractivity contribution in [3.05, 3.63) is 36.0 Å². The highest BCUT2D eigenvalue weighted by Crippen LogP contribution is 2.26. The predicted molar refractivity (Wildman–Crippen MR) is 136 cm³/mol. The summed E-state index contributed by atoms with van der Waals surface area (Å²) in [7, 11) is 0. The van der Waals surface area contributed by atoms with Crippen molar-refractivity contribution in [2.24, 2.45) is 23.3 Å². The number of rotatable bonds is 8. The summed E-state index contributed by atoms with van der Waals surface area (Å²) in [6.45, 7) is 12.0. The molecule has 0 saturated heterocycles. The summed E-state index contributed by atoms with van der Waals surface area (Å²) in [4.78, 5) is 52.6. The highest BCUT2D eigenvalue weighted by molar-refractivity contribution is 6.03. The van der Waals surface area contributed by atoms with Gasteiger partial charge >= 0.3 is 12.1 Å². The maximum atomic E-state index is 13.3. The molecule has 0 aliphatic heterocycles. The third-order valence-corrected chi connectivity index (χ3v) is 5.88. The van der Waals surface area contributed by atoms with Crippen LogP contribution in [0.3, 0.4) is 0 Å². The largest absolute Gasteiger partial charge is 0.480 e. The van der Waals surface area contributed by atoms with E-state index >= 15 is 0 Å². The highest BCUT2D eigenvalue weighted by atomic mass is 16.6. The molecule has 0 aliphatic rings. The van der Waals surface area contributed by atoms with Gasteiger partial charge in [0.15, 0.2) is 0 Å². The number of carbonyl (C=O) groups is 4. The van der Waals surface area contributed by atoms with Gasteiger partial charge in [0, 0.05) is 18.0 Å². The van der Waals surface area contributed by atoms with Crippen LogP contribution in [0.2, 0.25) is 0 Å². The second-order valence-corrected chi connectivity index (χ2v) is 10.7. The minimum Gasteiger partial charge on any atom is -0.480 e. The molecule has 0 spiro atoms. The van der Waals surface area contributed by atoms with Crippen LogP contribution >= 0.6 is 0 Å². The van der Waals surface area contributed by atoms with Crippen molar-refractivity contribution in [1.82, 2.24) is 9.47 Å². The van der Waals surface area contributed by atoms with E-state index in [1.165, 1.54) is 10.8 Å². The van der Waals surface area contributed by atoms with Crippen molar-refractivity contribution >= 4 is 34.8 Å². The first-order chi connectivity index (χ1) is 16.6. The zero-order valence-corrected chi connectivity index (χ0v) is 22.0. The van der Waals surface area contributed by atoms with Gasteiger partial charge in [-0.1, -0.05) is 45.9 Å². The van der Waals surface area contributed by atoms with E-state index in [1.54, 1.807) is 72.7 Å². The number of hydrogen-bond acceptors (Lipinski definition) is 7. The van der Waals surface area contributed by atoms with Crippen LogP contribution < -0.4 is 11.5 Å². The Bertz CT molecular complexity index is 1110. The van der Waals surface area contributed by atoms with E-state index in [-0.39, 0.29) is 18.3 Å². The molecule has 1 heterocycles. The highest BCUT2D eigenvalue weighted by Gasteiger charge is 2.41. The third-order valence-electron chi connectivity index (χ3n) is 5.88. The fourth-order valence-corrected chi connectivity index (χ4v) is 3.68. The quantitative estimate of drug-likeness (QED) is 0.497. The van der Waals surface area contributed by atoms with E-state index in [4.69, 9.17) is 16.2 Å². The second-order valence-electron chi connectivity index (χ2n) is 10.7. The monoisotopic (exact) mass is 502 g/mol. The van der Waals surface area contributed by atoms with E-state index in [1.807, 2.05) is 0 Å². The van der Waals surface area contributed by atoms with Crippen LogP contribution in [0.5, 0.6) is 0 Å². The Labute approximate surface area is 211 Å². The lowest BCUT2D eigenvalue weighted by Gasteiger charge is -2.33. The van der Waals surface area contributed by atoms with E-state index in [0.29, 0.717) is 21.4 Å². The van der Waals surface area contributed by atoms with Crippen LogP contribution in [-0.2, 0) is 25.5 Å². The molecule has 2 aromatic rings. The number of carbonyl (C=O) groups excluding carboxylic acids is 3. The standard InChI is InChI=1S/C26H38N4O6/c1-14(2)20(27)22(31)30(23(32)21(28)15(3)4)19(24(33)34)12-16-13-29(25(35)36-26(5,6)7)18-11-9-8-10-17(16)18/h8-11,13-15,19-21H,12,27-28H2,1-7H3,(H,33,34). The molecule has 10 nitrogen and oxygen atoms in total. The number of para-hydroxylation sites is 1. The predicted octanol–water partition coefficient (Wildman–Crippen LogP) is 2.74. The second kappa shape index (κ2) is 11.2. The molecule has 3 unspecified atom stereocenters. The molecule has 36 heavy (non-hydrogen) atoms. The lowest BCUT2D eigenvalue weighted by atomic mass is 9.97. The van der Waals surface area contributed by atoms with Crippen LogP contribution in [0.1, 0.15) is 54.0 Å². The lowest BCUT2D eigenvalue weighted by Crippen LogP contribution is -2.60.